The van der Waals surface area contributed by atoms with Gasteiger partial charge in [0.25, 0.3) is 5.91 Å². The second-order valence-corrected chi connectivity index (χ2v) is 9.32. The molecule has 5 nitrogen and oxygen atoms in total. The number of imide groups is 1. The molecule has 2 aliphatic rings. The third kappa shape index (κ3) is 6.81. The standard InChI is InChI=1S/C20H26N2O3S2/c23-18(22-20(24)21-11-10-15-4-2-1-3-5-15)14-25-17-8-6-16(7-9-17)19-26-12-13-27-19/h4,6-9,19H,1-3,5,10-14H2,(H2,21,22,23,24). The maximum absolute atomic E-state index is 11.9. The van der Waals surface area contributed by atoms with Crippen LogP contribution in [0.2, 0.25) is 0 Å². The van der Waals surface area contributed by atoms with Gasteiger partial charge in [-0.2, -0.15) is 0 Å². The van der Waals surface area contributed by atoms with Crippen molar-refractivity contribution in [2.24, 2.45) is 0 Å². The average Bonchev–Trinajstić information content (AvgIpc) is 3.22. The molecule has 0 saturated carbocycles. The highest BCUT2D eigenvalue weighted by molar-refractivity contribution is 8.19. The average molecular weight is 407 g/mol. The maximum Gasteiger partial charge on any atom is 0.321 e. The number of hydrogen-bond acceptors (Lipinski definition) is 5. The molecule has 0 aromatic heterocycles. The van der Waals surface area contributed by atoms with E-state index in [0.717, 1.165) is 19.3 Å². The van der Waals surface area contributed by atoms with Crippen LogP contribution in [0.3, 0.4) is 0 Å². The van der Waals surface area contributed by atoms with Crippen LogP contribution in [0, 0.1) is 0 Å². The van der Waals surface area contributed by atoms with E-state index < -0.39 is 11.9 Å². The molecule has 1 aromatic rings. The van der Waals surface area contributed by atoms with Crippen molar-refractivity contribution in [3.63, 3.8) is 0 Å². The van der Waals surface area contributed by atoms with Crippen molar-refractivity contribution in [2.75, 3.05) is 24.7 Å². The summed E-state index contributed by atoms with van der Waals surface area (Å²) in [4.78, 5) is 23.6. The van der Waals surface area contributed by atoms with Gasteiger partial charge in [0.15, 0.2) is 6.61 Å². The Kier molecular flexibility index (Phi) is 7.95. The molecule has 3 amide bonds. The summed E-state index contributed by atoms with van der Waals surface area (Å²) in [7, 11) is 0. The quantitative estimate of drug-likeness (QED) is 0.662. The summed E-state index contributed by atoms with van der Waals surface area (Å²) in [6, 6.07) is 7.36. The summed E-state index contributed by atoms with van der Waals surface area (Å²) in [6.45, 7) is 0.370. The minimum atomic E-state index is -0.467. The molecule has 7 heteroatoms. The smallest absolute Gasteiger partial charge is 0.321 e. The lowest BCUT2D eigenvalue weighted by atomic mass is 9.97. The van der Waals surface area contributed by atoms with Gasteiger partial charge >= 0.3 is 6.03 Å². The third-order valence-electron chi connectivity index (χ3n) is 4.51. The Hall–Kier alpha value is -1.60. The van der Waals surface area contributed by atoms with E-state index in [1.54, 1.807) is 0 Å². The molecule has 0 radical (unpaired) electrons. The highest BCUT2D eigenvalue weighted by atomic mass is 32.2. The lowest BCUT2D eigenvalue weighted by molar-refractivity contribution is -0.122. The van der Waals surface area contributed by atoms with Gasteiger partial charge in [-0.3, -0.25) is 10.1 Å². The fourth-order valence-corrected chi connectivity index (χ4v) is 5.96. The monoisotopic (exact) mass is 406 g/mol. The number of carbonyl (C=O) groups is 2. The first-order valence-electron chi connectivity index (χ1n) is 9.42. The third-order valence-corrected chi connectivity index (χ3v) is 7.62. The van der Waals surface area contributed by atoms with Crippen LogP contribution in [0.25, 0.3) is 0 Å². The van der Waals surface area contributed by atoms with Crippen LogP contribution in [0.1, 0.15) is 42.2 Å². The fourth-order valence-electron chi connectivity index (χ4n) is 3.10. The predicted molar refractivity (Wildman–Crippen MR) is 112 cm³/mol. The normalized spacial score (nSPS) is 17.3. The number of nitrogens with one attached hydrogen (secondary N) is 2. The molecule has 1 aliphatic heterocycles. The Bertz CT molecular complexity index is 670. The Balaban J connectivity index is 1.32. The number of hydrogen-bond donors (Lipinski definition) is 2. The van der Waals surface area contributed by atoms with Crippen LogP contribution in [-0.2, 0) is 4.79 Å². The Morgan fingerprint density at radius 2 is 1.89 bits per heavy atom. The number of amides is 3. The highest BCUT2D eigenvalue weighted by Gasteiger charge is 2.18. The fraction of sp³-hybridized carbons (Fsp3) is 0.500. The molecule has 27 heavy (non-hydrogen) atoms. The Morgan fingerprint density at radius 1 is 1.11 bits per heavy atom. The van der Waals surface area contributed by atoms with Crippen molar-refractivity contribution < 1.29 is 14.3 Å². The van der Waals surface area contributed by atoms with E-state index >= 15 is 0 Å². The summed E-state index contributed by atoms with van der Waals surface area (Å²) >= 11 is 3.90. The number of allylic oxidation sites excluding steroid dienone is 1. The van der Waals surface area contributed by atoms with Crippen LogP contribution in [0.4, 0.5) is 4.79 Å². The van der Waals surface area contributed by atoms with E-state index in [9.17, 15) is 9.59 Å². The van der Waals surface area contributed by atoms with Crippen molar-refractivity contribution in [1.82, 2.24) is 10.6 Å². The van der Waals surface area contributed by atoms with E-state index in [4.69, 9.17) is 4.74 Å². The van der Waals surface area contributed by atoms with Gasteiger partial charge in [0.2, 0.25) is 0 Å². The molecule has 1 saturated heterocycles. The Morgan fingerprint density at radius 3 is 2.59 bits per heavy atom. The minimum absolute atomic E-state index is 0.176. The van der Waals surface area contributed by atoms with Crippen LogP contribution < -0.4 is 15.4 Å². The minimum Gasteiger partial charge on any atom is -0.484 e. The molecule has 2 N–H and O–H groups in total. The number of urea groups is 1. The molecular weight excluding hydrogens is 380 g/mol. The first-order valence-corrected chi connectivity index (χ1v) is 11.5. The summed E-state index contributed by atoms with van der Waals surface area (Å²) in [5, 5.41) is 5.03. The van der Waals surface area contributed by atoms with Crippen molar-refractivity contribution in [2.45, 2.75) is 36.7 Å². The van der Waals surface area contributed by atoms with E-state index in [0.29, 0.717) is 16.9 Å². The second kappa shape index (κ2) is 10.7. The van der Waals surface area contributed by atoms with Crippen LogP contribution in [0.15, 0.2) is 35.9 Å². The molecule has 0 atom stereocenters. The summed E-state index contributed by atoms with van der Waals surface area (Å²) in [6.07, 6.45) is 7.85. The molecule has 1 heterocycles. The maximum atomic E-state index is 11.9. The van der Waals surface area contributed by atoms with Crippen molar-refractivity contribution >= 4 is 35.5 Å². The molecule has 0 unspecified atom stereocenters. The van der Waals surface area contributed by atoms with Crippen molar-refractivity contribution in [3.8, 4) is 5.75 Å². The lowest BCUT2D eigenvalue weighted by Crippen LogP contribution is -2.42. The zero-order chi connectivity index (χ0) is 18.9. The van der Waals surface area contributed by atoms with E-state index in [2.05, 4.69) is 16.7 Å². The topological polar surface area (TPSA) is 67.4 Å². The van der Waals surface area contributed by atoms with Crippen molar-refractivity contribution in [3.05, 3.63) is 41.5 Å². The van der Waals surface area contributed by atoms with Gasteiger partial charge in [0, 0.05) is 18.1 Å². The number of benzene rings is 1. The van der Waals surface area contributed by atoms with E-state index in [1.165, 1.54) is 35.5 Å². The predicted octanol–water partition coefficient (Wildman–Crippen LogP) is 4.26. The summed E-state index contributed by atoms with van der Waals surface area (Å²) < 4.78 is 5.97. The molecular formula is C20H26N2O3S2. The van der Waals surface area contributed by atoms with Crippen LogP contribution >= 0.6 is 23.5 Å². The van der Waals surface area contributed by atoms with Gasteiger partial charge in [-0.1, -0.05) is 23.8 Å². The molecule has 146 valence electrons. The largest absolute Gasteiger partial charge is 0.484 e. The van der Waals surface area contributed by atoms with Gasteiger partial charge in [-0.15, -0.1) is 23.5 Å². The first-order chi connectivity index (χ1) is 13.2. The molecule has 0 bridgehead atoms. The summed E-state index contributed by atoms with van der Waals surface area (Å²) in [5.41, 5.74) is 2.67. The lowest BCUT2D eigenvalue weighted by Gasteiger charge is -2.13. The zero-order valence-electron chi connectivity index (χ0n) is 15.4. The first kappa shape index (κ1) is 20.1. The SMILES string of the molecule is O=C(COc1ccc(C2SCCS2)cc1)NC(=O)NCCC1=CCCCC1. The molecule has 0 spiro atoms. The van der Waals surface area contributed by atoms with Gasteiger partial charge < -0.3 is 10.1 Å². The van der Waals surface area contributed by atoms with Crippen molar-refractivity contribution in [1.29, 1.82) is 0 Å². The summed E-state index contributed by atoms with van der Waals surface area (Å²) in [5.74, 6) is 2.56. The number of carbonyl (C=O) groups excluding carboxylic acids is 2. The number of thioether (sulfide) groups is 2. The van der Waals surface area contributed by atoms with E-state index in [-0.39, 0.29) is 6.61 Å². The molecule has 3 rings (SSSR count). The highest BCUT2D eigenvalue weighted by Crippen LogP contribution is 2.45. The van der Waals surface area contributed by atoms with Gasteiger partial charge in [-0.05, 0) is 49.8 Å². The number of rotatable bonds is 7. The molecule has 1 fully saturated rings. The van der Waals surface area contributed by atoms with E-state index in [1.807, 2.05) is 47.8 Å². The molecule has 1 aliphatic carbocycles. The molecule has 1 aromatic carbocycles. The number of ether oxygens (including phenoxy) is 1. The van der Waals surface area contributed by atoms with Gasteiger partial charge in [0.1, 0.15) is 5.75 Å². The van der Waals surface area contributed by atoms with Gasteiger partial charge in [0.05, 0.1) is 4.58 Å². The van der Waals surface area contributed by atoms with Gasteiger partial charge in [-0.25, -0.2) is 4.79 Å². The van der Waals surface area contributed by atoms with Crippen LogP contribution in [-0.4, -0.2) is 36.6 Å². The van der Waals surface area contributed by atoms with Crippen LogP contribution in [0.5, 0.6) is 5.75 Å². The zero-order valence-corrected chi connectivity index (χ0v) is 17.0. The Labute approximate surface area is 169 Å². The second-order valence-electron chi connectivity index (χ2n) is 6.59.